The molecular formula is C17H20F3NO3. The van der Waals surface area contributed by atoms with Gasteiger partial charge in [0.05, 0.1) is 5.56 Å². The summed E-state index contributed by atoms with van der Waals surface area (Å²) < 4.78 is 43.6. The van der Waals surface area contributed by atoms with Crippen LogP contribution >= 0.6 is 0 Å². The molecular weight excluding hydrogens is 323 g/mol. The van der Waals surface area contributed by atoms with E-state index in [4.69, 9.17) is 4.74 Å². The van der Waals surface area contributed by atoms with Crippen molar-refractivity contribution < 1.29 is 27.5 Å². The van der Waals surface area contributed by atoms with Gasteiger partial charge in [-0.3, -0.25) is 9.59 Å². The van der Waals surface area contributed by atoms with E-state index >= 15 is 0 Å². The Bertz CT molecular complexity index is 595. The summed E-state index contributed by atoms with van der Waals surface area (Å²) in [6, 6.07) is 4.27. The van der Waals surface area contributed by atoms with E-state index in [1.165, 1.54) is 12.1 Å². The van der Waals surface area contributed by atoms with Crippen molar-refractivity contribution in [2.45, 2.75) is 57.3 Å². The van der Waals surface area contributed by atoms with E-state index < -0.39 is 29.7 Å². The molecule has 0 spiro atoms. The molecule has 4 nitrogen and oxygen atoms in total. The minimum Gasteiger partial charge on any atom is -0.447 e. The average Bonchev–Trinajstić information content (AvgIpc) is 2.52. The average molecular weight is 343 g/mol. The molecule has 0 radical (unpaired) electrons. The number of carbonyl (C=O) groups is 2. The maximum atomic E-state index is 12.9. The van der Waals surface area contributed by atoms with Crippen molar-refractivity contribution in [2.75, 3.05) is 0 Å². The topological polar surface area (TPSA) is 55.4 Å². The lowest BCUT2D eigenvalue weighted by molar-refractivity contribution is -0.154. The molecule has 0 aliphatic heterocycles. The van der Waals surface area contributed by atoms with Crippen molar-refractivity contribution in [1.82, 2.24) is 5.32 Å². The number of alkyl halides is 3. The molecule has 1 aromatic carbocycles. The highest BCUT2D eigenvalue weighted by Crippen LogP contribution is 2.31. The fraction of sp³-hybridized carbons (Fsp3) is 0.529. The van der Waals surface area contributed by atoms with E-state index in [1.54, 1.807) is 0 Å². The first-order valence-corrected chi connectivity index (χ1v) is 7.92. The van der Waals surface area contributed by atoms with Crippen LogP contribution in [0.25, 0.3) is 0 Å². The van der Waals surface area contributed by atoms with Gasteiger partial charge in [0.1, 0.15) is 0 Å². The Labute approximate surface area is 138 Å². The number of amides is 1. The number of rotatable bonds is 4. The number of carbonyl (C=O) groups excluding carboxylic acids is 2. The molecule has 24 heavy (non-hydrogen) atoms. The first-order valence-electron chi connectivity index (χ1n) is 7.92. The third-order valence-corrected chi connectivity index (χ3v) is 3.99. The van der Waals surface area contributed by atoms with E-state index in [-0.39, 0.29) is 11.6 Å². The van der Waals surface area contributed by atoms with Crippen molar-refractivity contribution in [2.24, 2.45) is 0 Å². The van der Waals surface area contributed by atoms with Crippen LogP contribution in [-0.4, -0.2) is 17.9 Å². The summed E-state index contributed by atoms with van der Waals surface area (Å²) in [4.78, 5) is 23.7. The number of ether oxygens (including phenoxy) is 1. The molecule has 1 N–H and O–H groups in total. The maximum Gasteiger partial charge on any atom is 0.416 e. The number of nitrogens with one attached hydrogen (secondary N) is 1. The zero-order valence-corrected chi connectivity index (χ0v) is 13.4. The second-order valence-corrected chi connectivity index (χ2v) is 5.96. The van der Waals surface area contributed by atoms with Crippen LogP contribution in [0.1, 0.15) is 56.3 Å². The van der Waals surface area contributed by atoms with Crippen LogP contribution in [0, 0.1) is 0 Å². The molecule has 0 bridgehead atoms. The minimum absolute atomic E-state index is 0.00772. The van der Waals surface area contributed by atoms with Gasteiger partial charge in [0.15, 0.2) is 0 Å². The first-order chi connectivity index (χ1) is 11.3. The molecule has 1 amide bonds. The van der Waals surface area contributed by atoms with Crippen LogP contribution in [0.4, 0.5) is 13.2 Å². The molecule has 0 heterocycles. The quantitative estimate of drug-likeness (QED) is 0.847. The van der Waals surface area contributed by atoms with Gasteiger partial charge in [-0.1, -0.05) is 31.4 Å². The van der Waals surface area contributed by atoms with Crippen LogP contribution in [0.2, 0.25) is 0 Å². The Kier molecular flexibility index (Phi) is 5.85. The number of hydrogen-bond donors (Lipinski definition) is 1. The number of halogens is 3. The van der Waals surface area contributed by atoms with E-state index in [2.05, 4.69) is 5.32 Å². The molecule has 0 saturated heterocycles. The standard InChI is InChI=1S/C17H20F3NO3/c1-11(22)24-15(16(23)21-14-8-3-2-4-9-14)12-6-5-7-13(10-12)17(18,19)20/h5-7,10,14-15H,2-4,8-9H2,1H3,(H,21,23)/t15-/m0/s1. The predicted molar refractivity (Wildman–Crippen MR) is 81.0 cm³/mol. The molecule has 1 aromatic rings. The van der Waals surface area contributed by atoms with Crippen LogP contribution < -0.4 is 5.32 Å². The third kappa shape index (κ3) is 4.97. The van der Waals surface area contributed by atoms with E-state index in [1.807, 2.05) is 0 Å². The van der Waals surface area contributed by atoms with Gasteiger partial charge < -0.3 is 10.1 Å². The van der Waals surface area contributed by atoms with Gasteiger partial charge in [0, 0.05) is 18.5 Å². The molecule has 0 unspecified atom stereocenters. The van der Waals surface area contributed by atoms with Crippen LogP contribution in [0.5, 0.6) is 0 Å². The minimum atomic E-state index is -4.53. The fourth-order valence-electron chi connectivity index (χ4n) is 2.84. The van der Waals surface area contributed by atoms with E-state index in [0.29, 0.717) is 0 Å². The van der Waals surface area contributed by atoms with Gasteiger partial charge in [-0.05, 0) is 25.0 Å². The lowest BCUT2D eigenvalue weighted by Gasteiger charge is -2.25. The second kappa shape index (κ2) is 7.68. The third-order valence-electron chi connectivity index (χ3n) is 3.99. The molecule has 1 aliphatic carbocycles. The largest absolute Gasteiger partial charge is 0.447 e. The van der Waals surface area contributed by atoms with Crippen molar-refractivity contribution in [3.63, 3.8) is 0 Å². The summed E-state index contributed by atoms with van der Waals surface area (Å²) in [6.07, 6.45) is -1.18. The van der Waals surface area contributed by atoms with Gasteiger partial charge in [0.2, 0.25) is 6.10 Å². The van der Waals surface area contributed by atoms with Crippen molar-refractivity contribution in [3.05, 3.63) is 35.4 Å². The second-order valence-electron chi connectivity index (χ2n) is 5.96. The van der Waals surface area contributed by atoms with Crippen molar-refractivity contribution >= 4 is 11.9 Å². The van der Waals surface area contributed by atoms with Crippen LogP contribution in [-0.2, 0) is 20.5 Å². The first kappa shape index (κ1) is 18.3. The highest BCUT2D eigenvalue weighted by atomic mass is 19.4. The van der Waals surface area contributed by atoms with Crippen LogP contribution in [0.3, 0.4) is 0 Å². The molecule has 1 fully saturated rings. The summed E-state index contributed by atoms with van der Waals surface area (Å²) >= 11 is 0. The van der Waals surface area contributed by atoms with E-state index in [0.717, 1.165) is 51.2 Å². The maximum absolute atomic E-state index is 12.9. The normalized spacial score (nSPS) is 17.2. The summed E-state index contributed by atoms with van der Waals surface area (Å²) in [7, 11) is 0. The molecule has 7 heteroatoms. The summed E-state index contributed by atoms with van der Waals surface area (Å²) in [5.41, 5.74) is -0.879. The fourth-order valence-corrected chi connectivity index (χ4v) is 2.84. The van der Waals surface area contributed by atoms with Gasteiger partial charge in [-0.2, -0.15) is 13.2 Å². The number of benzene rings is 1. The molecule has 1 atom stereocenters. The van der Waals surface area contributed by atoms with E-state index in [9.17, 15) is 22.8 Å². The monoisotopic (exact) mass is 343 g/mol. The molecule has 2 rings (SSSR count). The summed E-state index contributed by atoms with van der Waals surface area (Å²) in [5.74, 6) is -1.31. The van der Waals surface area contributed by atoms with Gasteiger partial charge in [-0.15, -0.1) is 0 Å². The molecule has 1 saturated carbocycles. The van der Waals surface area contributed by atoms with Gasteiger partial charge in [0.25, 0.3) is 5.91 Å². The summed E-state index contributed by atoms with van der Waals surface area (Å²) in [6.45, 7) is 1.12. The Balaban J connectivity index is 2.21. The highest BCUT2D eigenvalue weighted by Gasteiger charge is 2.33. The molecule has 1 aliphatic rings. The van der Waals surface area contributed by atoms with Crippen LogP contribution in [0.15, 0.2) is 24.3 Å². The zero-order chi connectivity index (χ0) is 17.7. The molecule has 132 valence electrons. The highest BCUT2D eigenvalue weighted by molar-refractivity contribution is 5.85. The zero-order valence-electron chi connectivity index (χ0n) is 13.4. The Morgan fingerprint density at radius 1 is 1.21 bits per heavy atom. The predicted octanol–water partition coefficient (Wildman–Crippen LogP) is 3.76. The SMILES string of the molecule is CC(=O)O[C@H](C(=O)NC1CCCCC1)c1cccc(C(F)(F)F)c1. The summed E-state index contributed by atoms with van der Waals surface area (Å²) in [5, 5.41) is 2.78. The number of hydrogen-bond acceptors (Lipinski definition) is 3. The van der Waals surface area contributed by atoms with Crippen molar-refractivity contribution in [1.29, 1.82) is 0 Å². The lowest BCUT2D eigenvalue weighted by atomic mass is 9.95. The number of esters is 1. The Hall–Kier alpha value is -2.05. The van der Waals surface area contributed by atoms with Crippen molar-refractivity contribution in [3.8, 4) is 0 Å². The molecule has 0 aromatic heterocycles. The van der Waals surface area contributed by atoms with Gasteiger partial charge in [-0.25, -0.2) is 0 Å². The Morgan fingerprint density at radius 2 is 1.88 bits per heavy atom. The Morgan fingerprint density at radius 3 is 2.46 bits per heavy atom. The smallest absolute Gasteiger partial charge is 0.416 e. The lowest BCUT2D eigenvalue weighted by Crippen LogP contribution is -2.40. The van der Waals surface area contributed by atoms with Gasteiger partial charge >= 0.3 is 12.1 Å².